The fourth-order valence-electron chi connectivity index (χ4n) is 1.63. The summed E-state index contributed by atoms with van der Waals surface area (Å²) in [7, 11) is 0. The van der Waals surface area contributed by atoms with E-state index < -0.39 is 0 Å². The molecule has 0 saturated heterocycles. The monoisotopic (exact) mass is 140 g/mol. The zero-order valence-electron chi connectivity index (χ0n) is 7.94. The zero-order chi connectivity index (χ0) is 8.36. The molecule has 0 nitrogen and oxygen atoms in total. The molecule has 0 aliphatic rings. The smallest absolute Gasteiger partial charge is 0.0164 e. The minimum Gasteiger partial charge on any atom is -0.103 e. The maximum atomic E-state index is 3.85. The second-order valence-corrected chi connectivity index (χ2v) is 4.37. The van der Waals surface area contributed by atoms with Crippen LogP contribution in [0, 0.1) is 17.3 Å². The molecule has 1 atom stereocenters. The van der Waals surface area contributed by atoms with Gasteiger partial charge in [-0.05, 0) is 17.3 Å². The van der Waals surface area contributed by atoms with Gasteiger partial charge in [0.15, 0.2) is 0 Å². The molecule has 0 spiro atoms. The third kappa shape index (κ3) is 2.55. The Morgan fingerprint density at radius 2 is 1.60 bits per heavy atom. The zero-order valence-corrected chi connectivity index (χ0v) is 7.94. The summed E-state index contributed by atoms with van der Waals surface area (Å²) < 4.78 is 0. The molecule has 0 aromatic heterocycles. The average Bonchev–Trinajstić information content (AvgIpc) is 1.60. The second kappa shape index (κ2) is 3.23. The molecule has 0 heterocycles. The molecule has 0 rings (SSSR count). The van der Waals surface area contributed by atoms with Crippen molar-refractivity contribution in [3.05, 3.63) is 12.7 Å². The normalized spacial score (nSPS) is 15.4. The highest BCUT2D eigenvalue weighted by molar-refractivity contribution is 4.89. The van der Waals surface area contributed by atoms with Crippen molar-refractivity contribution in [3.8, 4) is 0 Å². The first-order valence-electron chi connectivity index (χ1n) is 4.02. The van der Waals surface area contributed by atoms with Crippen LogP contribution in [0.25, 0.3) is 0 Å². The van der Waals surface area contributed by atoms with Gasteiger partial charge in [-0.25, -0.2) is 0 Å². The predicted octanol–water partition coefficient (Wildman–Crippen LogP) is 3.49. The molecule has 0 radical (unpaired) electrons. The van der Waals surface area contributed by atoms with E-state index in [2.05, 4.69) is 47.3 Å². The molecule has 0 aromatic carbocycles. The Morgan fingerprint density at radius 3 is 1.60 bits per heavy atom. The lowest BCUT2D eigenvalue weighted by Crippen LogP contribution is -2.22. The van der Waals surface area contributed by atoms with Gasteiger partial charge < -0.3 is 0 Å². The molecule has 0 saturated carbocycles. The van der Waals surface area contributed by atoms with Gasteiger partial charge in [0.1, 0.15) is 0 Å². The van der Waals surface area contributed by atoms with Crippen molar-refractivity contribution in [1.29, 1.82) is 0 Å². The Bertz CT molecular complexity index is 104. The molecule has 0 fully saturated rings. The van der Waals surface area contributed by atoms with E-state index in [4.69, 9.17) is 0 Å². The summed E-state index contributed by atoms with van der Waals surface area (Å²) in [5.41, 5.74) is 0.371. The minimum atomic E-state index is 0.371. The SMILES string of the molecule is C=CC(C(C)C)C(C)(C)C. The number of allylic oxidation sites excluding steroid dienone is 1. The molecule has 60 valence electrons. The number of hydrogen-bond acceptors (Lipinski definition) is 0. The van der Waals surface area contributed by atoms with E-state index in [1.54, 1.807) is 0 Å². The van der Waals surface area contributed by atoms with Gasteiger partial charge in [-0.15, -0.1) is 6.58 Å². The molecule has 1 unspecified atom stereocenters. The largest absolute Gasteiger partial charge is 0.103 e. The molecule has 0 bridgehead atoms. The Labute approximate surface area is 65.3 Å². The van der Waals surface area contributed by atoms with Gasteiger partial charge in [0.2, 0.25) is 0 Å². The molecular weight excluding hydrogens is 120 g/mol. The van der Waals surface area contributed by atoms with E-state index in [1.165, 1.54) is 0 Å². The Morgan fingerprint density at radius 1 is 1.20 bits per heavy atom. The lowest BCUT2D eigenvalue weighted by Gasteiger charge is -2.31. The van der Waals surface area contributed by atoms with E-state index >= 15 is 0 Å². The van der Waals surface area contributed by atoms with Gasteiger partial charge >= 0.3 is 0 Å². The van der Waals surface area contributed by atoms with E-state index in [0.717, 1.165) is 0 Å². The Hall–Kier alpha value is -0.260. The van der Waals surface area contributed by atoms with E-state index in [0.29, 0.717) is 17.3 Å². The fraction of sp³-hybridized carbons (Fsp3) is 0.800. The maximum Gasteiger partial charge on any atom is -0.0164 e. The van der Waals surface area contributed by atoms with Crippen LogP contribution < -0.4 is 0 Å². The van der Waals surface area contributed by atoms with Crippen molar-refractivity contribution in [3.63, 3.8) is 0 Å². The summed E-state index contributed by atoms with van der Waals surface area (Å²) in [6.45, 7) is 15.1. The molecule has 0 heteroatoms. The molecule has 0 aliphatic carbocycles. The van der Waals surface area contributed by atoms with Crippen molar-refractivity contribution in [2.45, 2.75) is 34.6 Å². The summed E-state index contributed by atoms with van der Waals surface area (Å²) in [5, 5.41) is 0. The first kappa shape index (κ1) is 9.74. The van der Waals surface area contributed by atoms with Crippen LogP contribution in [0.5, 0.6) is 0 Å². The van der Waals surface area contributed by atoms with Crippen LogP contribution in [0.3, 0.4) is 0 Å². The third-order valence-electron chi connectivity index (χ3n) is 1.97. The average molecular weight is 140 g/mol. The highest BCUT2D eigenvalue weighted by Gasteiger charge is 2.23. The van der Waals surface area contributed by atoms with Gasteiger partial charge in [-0.1, -0.05) is 40.7 Å². The molecule has 0 N–H and O–H groups in total. The van der Waals surface area contributed by atoms with Crippen LogP contribution in [0.15, 0.2) is 12.7 Å². The fourth-order valence-corrected chi connectivity index (χ4v) is 1.63. The van der Waals surface area contributed by atoms with Crippen molar-refractivity contribution in [2.75, 3.05) is 0 Å². The first-order valence-corrected chi connectivity index (χ1v) is 4.02. The van der Waals surface area contributed by atoms with Crippen molar-refractivity contribution >= 4 is 0 Å². The molecule has 10 heavy (non-hydrogen) atoms. The van der Waals surface area contributed by atoms with Crippen LogP contribution in [0.2, 0.25) is 0 Å². The maximum absolute atomic E-state index is 3.85. The van der Waals surface area contributed by atoms with Gasteiger partial charge in [-0.2, -0.15) is 0 Å². The third-order valence-corrected chi connectivity index (χ3v) is 1.97. The van der Waals surface area contributed by atoms with Crippen molar-refractivity contribution in [1.82, 2.24) is 0 Å². The lowest BCUT2D eigenvalue weighted by atomic mass is 9.74. The molecule has 0 amide bonds. The highest BCUT2D eigenvalue weighted by Crippen LogP contribution is 2.32. The standard InChI is InChI=1S/C10H20/c1-7-9(8(2)3)10(4,5)6/h7-9H,1H2,2-6H3. The number of hydrogen-bond donors (Lipinski definition) is 0. The van der Waals surface area contributed by atoms with Gasteiger partial charge in [-0.3, -0.25) is 0 Å². The van der Waals surface area contributed by atoms with Gasteiger partial charge in [0.25, 0.3) is 0 Å². The van der Waals surface area contributed by atoms with E-state index in [-0.39, 0.29) is 0 Å². The Kier molecular flexibility index (Phi) is 3.14. The minimum absolute atomic E-state index is 0.371. The lowest BCUT2D eigenvalue weighted by molar-refractivity contribution is 0.230. The summed E-state index contributed by atoms with van der Waals surface area (Å²) in [6.07, 6.45) is 2.07. The van der Waals surface area contributed by atoms with E-state index in [9.17, 15) is 0 Å². The summed E-state index contributed by atoms with van der Waals surface area (Å²) in [6, 6.07) is 0. The second-order valence-electron chi connectivity index (χ2n) is 4.37. The van der Waals surface area contributed by atoms with Crippen LogP contribution in [0.4, 0.5) is 0 Å². The van der Waals surface area contributed by atoms with Gasteiger partial charge in [0, 0.05) is 0 Å². The van der Waals surface area contributed by atoms with Crippen LogP contribution in [0.1, 0.15) is 34.6 Å². The quantitative estimate of drug-likeness (QED) is 0.515. The molecule has 0 aromatic rings. The summed E-state index contributed by atoms with van der Waals surface area (Å²) in [5.74, 6) is 1.34. The van der Waals surface area contributed by atoms with Crippen molar-refractivity contribution < 1.29 is 0 Å². The number of rotatable bonds is 2. The first-order chi connectivity index (χ1) is 4.39. The summed E-state index contributed by atoms with van der Waals surface area (Å²) >= 11 is 0. The highest BCUT2D eigenvalue weighted by atomic mass is 14.3. The Balaban J connectivity index is 4.21. The topological polar surface area (TPSA) is 0 Å². The van der Waals surface area contributed by atoms with Gasteiger partial charge in [0.05, 0.1) is 0 Å². The summed E-state index contributed by atoms with van der Waals surface area (Å²) in [4.78, 5) is 0. The van der Waals surface area contributed by atoms with Crippen LogP contribution >= 0.6 is 0 Å². The predicted molar refractivity (Wildman–Crippen MR) is 48.0 cm³/mol. The van der Waals surface area contributed by atoms with Crippen LogP contribution in [-0.2, 0) is 0 Å². The van der Waals surface area contributed by atoms with Crippen LogP contribution in [-0.4, -0.2) is 0 Å². The van der Waals surface area contributed by atoms with Crippen molar-refractivity contribution in [2.24, 2.45) is 17.3 Å². The molecule has 0 aliphatic heterocycles. The van der Waals surface area contributed by atoms with E-state index in [1.807, 2.05) is 0 Å². The molecular formula is C10H20.